The number of nitrogens with zero attached hydrogens (tertiary/aromatic N) is 2. The lowest BCUT2D eigenvalue weighted by atomic mass is 10.2. The number of carbonyl (C=O) groups is 2. The molecule has 0 unspecified atom stereocenters. The molecule has 2 heterocycles. The van der Waals surface area contributed by atoms with Crippen LogP contribution in [0.5, 0.6) is 0 Å². The number of para-hydroxylation sites is 1. The molecule has 3 N–H and O–H groups in total. The second kappa shape index (κ2) is 7.58. The number of hydrogen-bond acceptors (Lipinski definition) is 5. The van der Waals surface area contributed by atoms with Crippen molar-refractivity contribution in [1.82, 2.24) is 15.0 Å². The average Bonchev–Trinajstić information content (AvgIpc) is 3.32. The van der Waals surface area contributed by atoms with E-state index in [1.165, 1.54) is 11.7 Å². The fraction of sp³-hybridized carbons (Fsp3) is 0. The SMILES string of the molecule is O=C(O)c1cccc2[nH]c(-c3ccccc3)nc12.O=C(O)c1cncs1. The highest BCUT2D eigenvalue weighted by atomic mass is 32.1. The lowest BCUT2D eigenvalue weighted by molar-refractivity contribution is 0.0689. The molecule has 0 saturated heterocycles. The summed E-state index contributed by atoms with van der Waals surface area (Å²) in [6.45, 7) is 0. The fourth-order valence-electron chi connectivity index (χ4n) is 2.26. The van der Waals surface area contributed by atoms with Crippen molar-refractivity contribution >= 4 is 34.3 Å². The largest absolute Gasteiger partial charge is 0.478 e. The van der Waals surface area contributed by atoms with Crippen LogP contribution in [0.15, 0.2) is 60.2 Å². The monoisotopic (exact) mass is 367 g/mol. The first-order chi connectivity index (χ1) is 12.6. The Balaban J connectivity index is 0.000000206. The van der Waals surface area contributed by atoms with Gasteiger partial charge in [0.25, 0.3) is 0 Å². The highest BCUT2D eigenvalue weighted by molar-refractivity contribution is 7.11. The van der Waals surface area contributed by atoms with Gasteiger partial charge in [0.1, 0.15) is 16.2 Å². The van der Waals surface area contributed by atoms with Crippen LogP contribution in [0.3, 0.4) is 0 Å². The molecule has 0 aliphatic rings. The molecule has 0 aliphatic heterocycles. The van der Waals surface area contributed by atoms with Crippen LogP contribution in [0.1, 0.15) is 20.0 Å². The maximum Gasteiger partial charge on any atom is 0.347 e. The van der Waals surface area contributed by atoms with Gasteiger partial charge in [-0.25, -0.2) is 14.6 Å². The summed E-state index contributed by atoms with van der Waals surface area (Å²) in [5, 5.41) is 17.4. The Morgan fingerprint density at radius 3 is 2.31 bits per heavy atom. The molecule has 130 valence electrons. The van der Waals surface area contributed by atoms with E-state index < -0.39 is 11.9 Å². The molecule has 0 saturated carbocycles. The molecule has 7 nitrogen and oxygen atoms in total. The number of aromatic amines is 1. The lowest BCUT2D eigenvalue weighted by Gasteiger charge is -1.94. The zero-order valence-electron chi connectivity index (χ0n) is 13.3. The summed E-state index contributed by atoms with van der Waals surface area (Å²) in [5.41, 5.74) is 3.86. The first-order valence-corrected chi connectivity index (χ1v) is 8.33. The van der Waals surface area contributed by atoms with Crippen molar-refractivity contribution in [1.29, 1.82) is 0 Å². The second-order valence-electron chi connectivity index (χ2n) is 5.13. The highest BCUT2D eigenvalue weighted by Crippen LogP contribution is 2.22. The molecule has 4 aromatic rings. The predicted octanol–water partition coefficient (Wildman–Crippen LogP) is 3.77. The van der Waals surface area contributed by atoms with E-state index in [2.05, 4.69) is 15.0 Å². The van der Waals surface area contributed by atoms with Gasteiger partial charge in [-0.3, -0.25) is 4.98 Å². The molecule has 0 amide bonds. The van der Waals surface area contributed by atoms with E-state index in [-0.39, 0.29) is 10.4 Å². The van der Waals surface area contributed by atoms with Crippen molar-refractivity contribution in [3.63, 3.8) is 0 Å². The molecular weight excluding hydrogens is 354 g/mol. The van der Waals surface area contributed by atoms with Gasteiger partial charge < -0.3 is 15.2 Å². The van der Waals surface area contributed by atoms with E-state index in [9.17, 15) is 9.59 Å². The molecule has 2 aromatic carbocycles. The third kappa shape index (κ3) is 3.76. The Kier molecular flexibility index (Phi) is 5.04. The summed E-state index contributed by atoms with van der Waals surface area (Å²) in [4.78, 5) is 32.5. The molecule has 4 rings (SSSR count). The molecule has 0 atom stereocenters. The number of nitrogens with one attached hydrogen (secondary N) is 1. The van der Waals surface area contributed by atoms with Crippen LogP contribution in [0, 0.1) is 0 Å². The molecule has 2 aromatic heterocycles. The van der Waals surface area contributed by atoms with Crippen LogP contribution >= 0.6 is 11.3 Å². The quantitative estimate of drug-likeness (QED) is 0.507. The minimum absolute atomic E-state index is 0.214. The van der Waals surface area contributed by atoms with Crippen LogP contribution in [0.4, 0.5) is 0 Å². The Bertz CT molecular complexity index is 1040. The predicted molar refractivity (Wildman–Crippen MR) is 97.6 cm³/mol. The van der Waals surface area contributed by atoms with Gasteiger partial charge in [0.15, 0.2) is 0 Å². The van der Waals surface area contributed by atoms with Gasteiger partial charge in [0.05, 0.1) is 22.8 Å². The molecule has 8 heteroatoms. The Labute approximate surface area is 151 Å². The van der Waals surface area contributed by atoms with E-state index in [0.717, 1.165) is 22.4 Å². The van der Waals surface area contributed by atoms with Gasteiger partial charge in [0.2, 0.25) is 0 Å². The van der Waals surface area contributed by atoms with E-state index >= 15 is 0 Å². The lowest BCUT2D eigenvalue weighted by Crippen LogP contribution is -1.96. The molecule has 26 heavy (non-hydrogen) atoms. The highest BCUT2D eigenvalue weighted by Gasteiger charge is 2.12. The fourth-order valence-corrected chi connectivity index (χ4v) is 2.72. The topological polar surface area (TPSA) is 116 Å². The summed E-state index contributed by atoms with van der Waals surface area (Å²) >= 11 is 1.12. The summed E-state index contributed by atoms with van der Waals surface area (Å²) in [7, 11) is 0. The van der Waals surface area contributed by atoms with E-state index in [4.69, 9.17) is 10.2 Å². The van der Waals surface area contributed by atoms with Crippen LogP contribution in [0.2, 0.25) is 0 Å². The van der Waals surface area contributed by atoms with Crippen LogP contribution < -0.4 is 0 Å². The number of fused-ring (bicyclic) bond motifs is 1. The number of benzene rings is 2. The summed E-state index contributed by atoms with van der Waals surface area (Å²) in [6, 6.07) is 14.7. The zero-order chi connectivity index (χ0) is 18.5. The van der Waals surface area contributed by atoms with Gasteiger partial charge in [-0.2, -0.15) is 0 Å². The smallest absolute Gasteiger partial charge is 0.347 e. The van der Waals surface area contributed by atoms with Crippen LogP contribution in [-0.2, 0) is 0 Å². The van der Waals surface area contributed by atoms with E-state index in [0.29, 0.717) is 11.3 Å². The van der Waals surface area contributed by atoms with E-state index in [1.807, 2.05) is 36.4 Å². The van der Waals surface area contributed by atoms with Gasteiger partial charge >= 0.3 is 11.9 Å². The van der Waals surface area contributed by atoms with Crippen molar-refractivity contribution in [2.75, 3.05) is 0 Å². The van der Waals surface area contributed by atoms with Gasteiger partial charge in [-0.05, 0) is 12.1 Å². The first-order valence-electron chi connectivity index (χ1n) is 7.45. The maximum atomic E-state index is 11.1. The van der Waals surface area contributed by atoms with Gasteiger partial charge in [0, 0.05) is 5.56 Å². The number of carboxylic acids is 2. The number of H-pyrrole nitrogens is 1. The average molecular weight is 367 g/mol. The van der Waals surface area contributed by atoms with Gasteiger partial charge in [-0.1, -0.05) is 36.4 Å². The number of thiazole rings is 1. The molecule has 0 spiro atoms. The van der Waals surface area contributed by atoms with E-state index in [1.54, 1.807) is 12.1 Å². The maximum absolute atomic E-state index is 11.1. The third-order valence-corrected chi connectivity index (χ3v) is 4.19. The van der Waals surface area contributed by atoms with Crippen LogP contribution in [-0.4, -0.2) is 37.1 Å². The molecule has 0 fully saturated rings. The summed E-state index contributed by atoms with van der Waals surface area (Å²) in [5.74, 6) is -1.20. The summed E-state index contributed by atoms with van der Waals surface area (Å²) in [6.07, 6.45) is 1.33. The van der Waals surface area contributed by atoms with Crippen LogP contribution in [0.25, 0.3) is 22.4 Å². The summed E-state index contributed by atoms with van der Waals surface area (Å²) < 4.78 is 0. The minimum Gasteiger partial charge on any atom is -0.478 e. The van der Waals surface area contributed by atoms with Crippen molar-refractivity contribution in [3.8, 4) is 11.4 Å². The van der Waals surface area contributed by atoms with Crippen molar-refractivity contribution in [3.05, 3.63) is 70.7 Å². The molecule has 0 bridgehead atoms. The van der Waals surface area contributed by atoms with Crippen molar-refractivity contribution in [2.45, 2.75) is 0 Å². The second-order valence-corrected chi connectivity index (χ2v) is 6.02. The molecule has 0 aliphatic carbocycles. The molecule has 0 radical (unpaired) electrons. The Morgan fingerprint density at radius 2 is 1.73 bits per heavy atom. The third-order valence-electron chi connectivity index (χ3n) is 3.43. The Hall–Kier alpha value is -3.52. The first kappa shape index (κ1) is 17.3. The van der Waals surface area contributed by atoms with Crippen molar-refractivity contribution < 1.29 is 19.8 Å². The number of aromatic nitrogens is 3. The van der Waals surface area contributed by atoms with Crippen molar-refractivity contribution in [2.24, 2.45) is 0 Å². The normalized spacial score (nSPS) is 10.2. The number of imidazole rings is 1. The Morgan fingerprint density at radius 1 is 0.962 bits per heavy atom. The zero-order valence-corrected chi connectivity index (χ0v) is 14.1. The number of hydrogen-bond donors (Lipinski definition) is 3. The standard InChI is InChI=1S/C14H10N2O2.C4H3NO2S/c17-14(18)10-7-4-8-11-12(10)16-13(15-11)9-5-2-1-3-6-9;6-4(7)3-1-5-2-8-3/h1-8H,(H,15,16)(H,17,18);1-2H,(H,6,7). The number of rotatable bonds is 3. The number of carboxylic acid groups (broad SMARTS) is 2. The molecular formula is C18H13N3O4S. The minimum atomic E-state index is -0.966. The number of aromatic carboxylic acids is 2. The van der Waals surface area contributed by atoms with Gasteiger partial charge in [-0.15, -0.1) is 11.3 Å².